The highest BCUT2D eigenvalue weighted by Crippen LogP contribution is 2.34. The van der Waals surface area contributed by atoms with Gasteiger partial charge in [-0.25, -0.2) is 14.5 Å². The summed E-state index contributed by atoms with van der Waals surface area (Å²) in [6, 6.07) is 14.7. The number of aliphatic imine (C=N–C) groups is 1. The number of benzene rings is 2. The lowest BCUT2D eigenvalue weighted by Crippen LogP contribution is -2.05. The number of hydrogen-bond donors (Lipinski definition) is 0. The fourth-order valence-corrected chi connectivity index (χ4v) is 3.44. The Kier molecular flexibility index (Phi) is 4.10. The number of cyclic esters (lactones) is 1. The first-order valence-electron chi connectivity index (χ1n) is 8.83. The Labute approximate surface area is 170 Å². The van der Waals surface area contributed by atoms with Gasteiger partial charge in [-0.05, 0) is 43.3 Å². The van der Waals surface area contributed by atoms with E-state index in [9.17, 15) is 4.79 Å². The van der Waals surface area contributed by atoms with Gasteiger partial charge in [0.15, 0.2) is 17.2 Å². The Morgan fingerprint density at radius 1 is 1.10 bits per heavy atom. The molecule has 7 nitrogen and oxygen atoms in total. The van der Waals surface area contributed by atoms with Gasteiger partial charge in [0.1, 0.15) is 5.15 Å². The molecule has 29 heavy (non-hydrogen) atoms. The van der Waals surface area contributed by atoms with E-state index in [1.807, 2.05) is 37.3 Å². The second kappa shape index (κ2) is 6.79. The van der Waals surface area contributed by atoms with E-state index in [1.165, 1.54) is 0 Å². The molecule has 0 spiro atoms. The van der Waals surface area contributed by atoms with Gasteiger partial charge >= 0.3 is 5.97 Å². The first-order valence-corrected chi connectivity index (χ1v) is 9.21. The molecule has 2 aliphatic heterocycles. The first kappa shape index (κ1) is 17.5. The monoisotopic (exact) mass is 407 g/mol. The smallest absolute Gasteiger partial charge is 0.363 e. The summed E-state index contributed by atoms with van der Waals surface area (Å²) in [4.78, 5) is 16.7. The molecule has 144 valence electrons. The minimum Gasteiger partial charge on any atom is -0.454 e. The Morgan fingerprint density at radius 2 is 1.90 bits per heavy atom. The van der Waals surface area contributed by atoms with Crippen LogP contribution in [0.3, 0.4) is 0 Å². The van der Waals surface area contributed by atoms with Gasteiger partial charge in [0.2, 0.25) is 12.7 Å². The van der Waals surface area contributed by atoms with Crippen LogP contribution in [-0.2, 0) is 9.53 Å². The predicted octanol–water partition coefficient (Wildman–Crippen LogP) is 3.91. The third-order valence-corrected chi connectivity index (χ3v) is 4.93. The number of nitrogens with zero attached hydrogens (tertiary/aromatic N) is 3. The number of ether oxygens (including phenoxy) is 3. The molecule has 0 bridgehead atoms. The summed E-state index contributed by atoms with van der Waals surface area (Å²) >= 11 is 6.53. The van der Waals surface area contributed by atoms with E-state index >= 15 is 0 Å². The minimum absolute atomic E-state index is 0.148. The summed E-state index contributed by atoms with van der Waals surface area (Å²) in [5, 5.41) is 4.86. The van der Waals surface area contributed by atoms with Crippen LogP contribution in [0.25, 0.3) is 11.8 Å². The Hall–Kier alpha value is -3.58. The van der Waals surface area contributed by atoms with Crippen molar-refractivity contribution in [2.24, 2.45) is 4.99 Å². The SMILES string of the molecule is Cc1nn(-c2ccccc2)c(Cl)c1C=C1N=C(c2ccc3c(c2)OCO3)OC1=O. The van der Waals surface area contributed by atoms with Crippen LogP contribution >= 0.6 is 11.6 Å². The molecule has 2 aromatic carbocycles. The van der Waals surface area contributed by atoms with E-state index < -0.39 is 5.97 Å². The maximum atomic E-state index is 12.4. The third-order valence-electron chi connectivity index (χ3n) is 4.57. The molecule has 3 heterocycles. The Morgan fingerprint density at radius 3 is 2.72 bits per heavy atom. The molecule has 2 aliphatic rings. The van der Waals surface area contributed by atoms with Crippen molar-refractivity contribution in [2.45, 2.75) is 6.92 Å². The average molecular weight is 408 g/mol. The molecule has 3 aromatic rings. The van der Waals surface area contributed by atoms with Crippen molar-refractivity contribution >= 4 is 29.5 Å². The van der Waals surface area contributed by atoms with Gasteiger partial charge in [-0.1, -0.05) is 29.8 Å². The molecule has 1 aromatic heterocycles. The Balaban J connectivity index is 1.51. The van der Waals surface area contributed by atoms with E-state index in [0.717, 1.165) is 5.69 Å². The number of carbonyl (C=O) groups is 1. The maximum absolute atomic E-state index is 12.4. The topological polar surface area (TPSA) is 74.9 Å². The van der Waals surface area contributed by atoms with Crippen molar-refractivity contribution < 1.29 is 19.0 Å². The molecule has 0 N–H and O–H groups in total. The highest BCUT2D eigenvalue weighted by atomic mass is 35.5. The lowest BCUT2D eigenvalue weighted by Gasteiger charge is -2.01. The number of para-hydroxylation sites is 1. The van der Waals surface area contributed by atoms with Gasteiger partial charge < -0.3 is 14.2 Å². The number of aryl methyl sites for hydroxylation is 1. The zero-order valence-electron chi connectivity index (χ0n) is 15.3. The molecule has 5 rings (SSSR count). The van der Waals surface area contributed by atoms with Gasteiger partial charge in [-0.15, -0.1) is 0 Å². The number of fused-ring (bicyclic) bond motifs is 1. The standard InChI is InChI=1S/C21H14ClN3O4/c1-12-15(19(22)25(24-12)14-5-3-2-4-6-14)10-16-21(26)29-20(23-16)13-7-8-17-18(9-13)28-11-27-17/h2-10H,11H2,1H3. The molecule has 0 amide bonds. The van der Waals surface area contributed by atoms with Crippen molar-refractivity contribution in [1.82, 2.24) is 9.78 Å². The van der Waals surface area contributed by atoms with Crippen LogP contribution < -0.4 is 9.47 Å². The van der Waals surface area contributed by atoms with Crippen LogP contribution in [0.1, 0.15) is 16.8 Å². The average Bonchev–Trinajstić information content (AvgIpc) is 3.42. The zero-order chi connectivity index (χ0) is 20.0. The minimum atomic E-state index is -0.555. The summed E-state index contributed by atoms with van der Waals surface area (Å²) in [7, 11) is 0. The number of esters is 1. The van der Waals surface area contributed by atoms with Gasteiger partial charge in [0, 0.05) is 11.1 Å². The molecule has 0 saturated carbocycles. The van der Waals surface area contributed by atoms with Crippen LogP contribution in [0.4, 0.5) is 0 Å². The summed E-state index contributed by atoms with van der Waals surface area (Å²) in [5.74, 6) is 0.872. The molecule has 0 unspecified atom stereocenters. The predicted molar refractivity (Wildman–Crippen MR) is 106 cm³/mol. The fraction of sp³-hybridized carbons (Fsp3) is 0.0952. The van der Waals surface area contributed by atoms with Crippen LogP contribution in [-0.4, -0.2) is 28.4 Å². The number of carbonyl (C=O) groups excluding carboxylic acids is 1. The molecule has 0 aliphatic carbocycles. The van der Waals surface area contributed by atoms with Crippen LogP contribution in [0, 0.1) is 6.92 Å². The largest absolute Gasteiger partial charge is 0.454 e. The van der Waals surface area contributed by atoms with Crippen molar-refractivity contribution in [1.29, 1.82) is 0 Å². The molecular formula is C21H14ClN3O4. The number of halogens is 1. The summed E-state index contributed by atoms with van der Waals surface area (Å²) in [6.07, 6.45) is 1.59. The molecular weight excluding hydrogens is 394 g/mol. The summed E-state index contributed by atoms with van der Waals surface area (Å²) in [5.41, 5.74) is 2.87. The molecule has 0 fully saturated rings. The fourth-order valence-electron chi connectivity index (χ4n) is 3.11. The van der Waals surface area contributed by atoms with Gasteiger partial charge in [-0.3, -0.25) is 0 Å². The summed E-state index contributed by atoms with van der Waals surface area (Å²) < 4.78 is 17.6. The molecule has 0 atom stereocenters. The van der Waals surface area contributed by atoms with Crippen molar-refractivity contribution in [3.05, 3.63) is 76.2 Å². The zero-order valence-corrected chi connectivity index (χ0v) is 16.0. The molecule has 0 saturated heterocycles. The van der Waals surface area contributed by atoms with E-state index in [0.29, 0.717) is 33.5 Å². The number of aromatic nitrogens is 2. The van der Waals surface area contributed by atoms with Crippen molar-refractivity contribution in [3.63, 3.8) is 0 Å². The number of hydrogen-bond acceptors (Lipinski definition) is 6. The van der Waals surface area contributed by atoms with Gasteiger partial charge in [0.25, 0.3) is 0 Å². The van der Waals surface area contributed by atoms with E-state index in [-0.39, 0.29) is 18.4 Å². The van der Waals surface area contributed by atoms with Crippen molar-refractivity contribution in [3.8, 4) is 17.2 Å². The van der Waals surface area contributed by atoms with E-state index in [2.05, 4.69) is 10.1 Å². The lowest BCUT2D eigenvalue weighted by atomic mass is 10.2. The second-order valence-corrected chi connectivity index (χ2v) is 6.80. The maximum Gasteiger partial charge on any atom is 0.363 e. The highest BCUT2D eigenvalue weighted by Gasteiger charge is 2.27. The quantitative estimate of drug-likeness (QED) is 0.486. The highest BCUT2D eigenvalue weighted by molar-refractivity contribution is 6.31. The van der Waals surface area contributed by atoms with Crippen LogP contribution in [0.5, 0.6) is 11.5 Å². The second-order valence-electron chi connectivity index (χ2n) is 6.44. The van der Waals surface area contributed by atoms with Crippen LogP contribution in [0.2, 0.25) is 5.15 Å². The molecule has 8 heteroatoms. The van der Waals surface area contributed by atoms with Gasteiger partial charge in [0.05, 0.1) is 11.4 Å². The van der Waals surface area contributed by atoms with E-state index in [4.69, 9.17) is 25.8 Å². The third kappa shape index (κ3) is 3.05. The summed E-state index contributed by atoms with van der Waals surface area (Å²) in [6.45, 7) is 1.99. The Bertz CT molecular complexity index is 1200. The molecule has 0 radical (unpaired) electrons. The first-order chi connectivity index (χ1) is 14.1. The number of rotatable bonds is 3. The van der Waals surface area contributed by atoms with Crippen molar-refractivity contribution in [2.75, 3.05) is 6.79 Å². The van der Waals surface area contributed by atoms with E-state index in [1.54, 1.807) is 29.0 Å². The lowest BCUT2D eigenvalue weighted by molar-refractivity contribution is -0.129. The van der Waals surface area contributed by atoms with Gasteiger partial charge in [-0.2, -0.15) is 5.10 Å². The normalized spacial score (nSPS) is 16.3. The van der Waals surface area contributed by atoms with Crippen LogP contribution in [0.15, 0.2) is 59.2 Å².